The largest absolute Gasteiger partial charge is 0.337 e. The third-order valence-corrected chi connectivity index (χ3v) is 2.95. The first-order chi connectivity index (χ1) is 8.04. The van der Waals surface area contributed by atoms with Gasteiger partial charge in [0.05, 0.1) is 0 Å². The van der Waals surface area contributed by atoms with E-state index in [9.17, 15) is 9.59 Å². The molecule has 1 unspecified atom stereocenters. The van der Waals surface area contributed by atoms with Crippen molar-refractivity contribution in [2.75, 3.05) is 19.6 Å². The summed E-state index contributed by atoms with van der Waals surface area (Å²) in [7, 11) is 0. The molecule has 0 aromatic rings. The van der Waals surface area contributed by atoms with Gasteiger partial charge in [0.15, 0.2) is 0 Å². The summed E-state index contributed by atoms with van der Waals surface area (Å²) in [6.07, 6.45) is 2.50. The van der Waals surface area contributed by atoms with Gasteiger partial charge in [-0.2, -0.15) is 0 Å². The first kappa shape index (κ1) is 14.3. The van der Waals surface area contributed by atoms with E-state index >= 15 is 0 Å². The average Bonchev–Trinajstić information content (AvgIpc) is 3.08. The maximum absolute atomic E-state index is 11.3. The number of hydrogen-bond donors (Lipinski definition) is 2. The van der Waals surface area contributed by atoms with Crippen LogP contribution in [-0.2, 0) is 4.79 Å². The molecule has 0 aliphatic heterocycles. The van der Waals surface area contributed by atoms with Crippen molar-refractivity contribution >= 4 is 23.5 Å². The van der Waals surface area contributed by atoms with Crippen molar-refractivity contribution in [2.24, 2.45) is 0 Å². The van der Waals surface area contributed by atoms with Gasteiger partial charge in [0.2, 0.25) is 5.91 Å². The van der Waals surface area contributed by atoms with Crippen molar-refractivity contribution in [3.63, 3.8) is 0 Å². The van der Waals surface area contributed by atoms with Gasteiger partial charge in [-0.25, -0.2) is 4.79 Å². The molecule has 1 aliphatic carbocycles. The van der Waals surface area contributed by atoms with Crippen molar-refractivity contribution < 1.29 is 9.59 Å². The molecule has 6 heteroatoms. The fraction of sp³-hybridized carbons (Fsp3) is 0.818. The zero-order valence-corrected chi connectivity index (χ0v) is 11.1. The number of halogens is 1. The second-order valence-corrected chi connectivity index (χ2v) is 4.88. The van der Waals surface area contributed by atoms with Gasteiger partial charge in [0, 0.05) is 19.1 Å². The number of carbonyl (C=O) groups excluding carboxylic acids is 2. The summed E-state index contributed by atoms with van der Waals surface area (Å²) in [5.41, 5.74) is 0. The standard InChI is InChI=1S/C11H20ClN3O2/c1-3-15(9-4-5-9)7-6-13-11(17)14-10(16)8(2)12/h8-9H,3-7H2,1-2H3,(H2,13,14,16,17). The lowest BCUT2D eigenvalue weighted by Crippen LogP contribution is -2.44. The van der Waals surface area contributed by atoms with Crippen LogP contribution in [0.4, 0.5) is 4.79 Å². The van der Waals surface area contributed by atoms with E-state index in [1.165, 1.54) is 19.8 Å². The lowest BCUT2D eigenvalue weighted by molar-refractivity contribution is -0.119. The van der Waals surface area contributed by atoms with Gasteiger partial charge in [-0.1, -0.05) is 6.92 Å². The van der Waals surface area contributed by atoms with Crippen molar-refractivity contribution in [1.29, 1.82) is 0 Å². The monoisotopic (exact) mass is 261 g/mol. The summed E-state index contributed by atoms with van der Waals surface area (Å²) in [5, 5.41) is 4.13. The number of carbonyl (C=O) groups is 2. The van der Waals surface area contributed by atoms with Crippen LogP contribution >= 0.6 is 11.6 Å². The molecule has 1 saturated carbocycles. The Bertz CT molecular complexity index is 280. The SMILES string of the molecule is CCN(CCNC(=O)NC(=O)C(C)Cl)C1CC1. The predicted molar refractivity (Wildman–Crippen MR) is 67.1 cm³/mol. The normalized spacial score (nSPS) is 16.7. The highest BCUT2D eigenvalue weighted by Crippen LogP contribution is 2.25. The van der Waals surface area contributed by atoms with E-state index in [0.717, 1.165) is 13.1 Å². The molecule has 1 rings (SSSR count). The molecule has 2 N–H and O–H groups in total. The van der Waals surface area contributed by atoms with Gasteiger partial charge in [0.1, 0.15) is 5.38 Å². The number of hydrogen-bond acceptors (Lipinski definition) is 3. The Hall–Kier alpha value is -0.810. The Morgan fingerprint density at radius 3 is 2.59 bits per heavy atom. The zero-order valence-electron chi connectivity index (χ0n) is 10.3. The van der Waals surface area contributed by atoms with Crippen LogP contribution < -0.4 is 10.6 Å². The minimum Gasteiger partial charge on any atom is -0.337 e. The highest BCUT2D eigenvalue weighted by Gasteiger charge is 2.27. The second kappa shape index (κ2) is 6.81. The van der Waals surface area contributed by atoms with Crippen LogP contribution in [0.3, 0.4) is 0 Å². The quantitative estimate of drug-likeness (QED) is 0.699. The fourth-order valence-corrected chi connectivity index (χ4v) is 1.66. The minimum absolute atomic E-state index is 0.473. The Morgan fingerprint density at radius 2 is 2.12 bits per heavy atom. The molecule has 1 atom stereocenters. The van der Waals surface area contributed by atoms with Crippen molar-refractivity contribution in [2.45, 2.75) is 38.1 Å². The van der Waals surface area contributed by atoms with E-state index in [1.807, 2.05) is 0 Å². The van der Waals surface area contributed by atoms with E-state index in [0.29, 0.717) is 12.6 Å². The number of imide groups is 1. The predicted octanol–water partition coefficient (Wildman–Crippen LogP) is 0.924. The van der Waals surface area contributed by atoms with E-state index < -0.39 is 17.3 Å². The van der Waals surface area contributed by atoms with Crippen LogP contribution in [-0.4, -0.2) is 47.9 Å². The molecule has 98 valence electrons. The van der Waals surface area contributed by atoms with Gasteiger partial charge < -0.3 is 5.32 Å². The van der Waals surface area contributed by atoms with E-state index in [4.69, 9.17) is 11.6 Å². The number of nitrogens with one attached hydrogen (secondary N) is 2. The number of amides is 3. The molecule has 3 amide bonds. The molecule has 0 aromatic heterocycles. The summed E-state index contributed by atoms with van der Waals surface area (Å²) >= 11 is 5.53. The number of likely N-dealkylation sites (N-methyl/N-ethyl adjacent to an activating group) is 1. The molecule has 0 aromatic carbocycles. The fourth-order valence-electron chi connectivity index (χ4n) is 1.61. The van der Waals surface area contributed by atoms with Gasteiger partial charge in [-0.05, 0) is 26.3 Å². The second-order valence-electron chi connectivity index (χ2n) is 4.22. The smallest absolute Gasteiger partial charge is 0.321 e. The minimum atomic E-state index is -0.695. The molecule has 1 fully saturated rings. The first-order valence-corrected chi connectivity index (χ1v) is 6.45. The summed E-state index contributed by atoms with van der Waals surface area (Å²) in [5.74, 6) is -0.473. The number of rotatable bonds is 6. The summed E-state index contributed by atoms with van der Waals surface area (Å²) in [6.45, 7) is 5.98. The van der Waals surface area contributed by atoms with Crippen LogP contribution in [0.15, 0.2) is 0 Å². The highest BCUT2D eigenvalue weighted by molar-refractivity contribution is 6.31. The van der Waals surface area contributed by atoms with Crippen LogP contribution in [0.2, 0.25) is 0 Å². The van der Waals surface area contributed by atoms with E-state index in [2.05, 4.69) is 22.5 Å². The molecular weight excluding hydrogens is 242 g/mol. The third kappa shape index (κ3) is 5.37. The van der Waals surface area contributed by atoms with Crippen molar-refractivity contribution in [3.05, 3.63) is 0 Å². The molecule has 0 radical (unpaired) electrons. The molecule has 0 saturated heterocycles. The van der Waals surface area contributed by atoms with Crippen LogP contribution in [0, 0.1) is 0 Å². The first-order valence-electron chi connectivity index (χ1n) is 6.01. The van der Waals surface area contributed by atoms with Gasteiger partial charge >= 0.3 is 6.03 Å². The maximum Gasteiger partial charge on any atom is 0.321 e. The summed E-state index contributed by atoms with van der Waals surface area (Å²) < 4.78 is 0. The number of alkyl halides is 1. The molecule has 0 spiro atoms. The Labute approximate surface area is 107 Å². The Kier molecular flexibility index (Phi) is 5.71. The van der Waals surface area contributed by atoms with Gasteiger partial charge in [0.25, 0.3) is 0 Å². The van der Waals surface area contributed by atoms with Crippen molar-refractivity contribution in [1.82, 2.24) is 15.5 Å². The van der Waals surface area contributed by atoms with E-state index in [-0.39, 0.29) is 0 Å². The van der Waals surface area contributed by atoms with Crippen LogP contribution in [0.1, 0.15) is 26.7 Å². The Morgan fingerprint density at radius 1 is 1.47 bits per heavy atom. The molecule has 17 heavy (non-hydrogen) atoms. The summed E-state index contributed by atoms with van der Waals surface area (Å²) in [6, 6.07) is 0.212. The lowest BCUT2D eigenvalue weighted by atomic mass is 10.4. The number of nitrogens with zero attached hydrogens (tertiary/aromatic N) is 1. The third-order valence-electron chi connectivity index (χ3n) is 2.75. The number of urea groups is 1. The van der Waals surface area contributed by atoms with Crippen molar-refractivity contribution in [3.8, 4) is 0 Å². The van der Waals surface area contributed by atoms with Gasteiger partial charge in [-0.3, -0.25) is 15.0 Å². The maximum atomic E-state index is 11.3. The zero-order chi connectivity index (χ0) is 12.8. The molecule has 0 heterocycles. The molecule has 0 bridgehead atoms. The summed E-state index contributed by atoms with van der Waals surface area (Å²) in [4.78, 5) is 24.7. The lowest BCUT2D eigenvalue weighted by Gasteiger charge is -2.19. The average molecular weight is 262 g/mol. The van der Waals surface area contributed by atoms with E-state index in [1.54, 1.807) is 0 Å². The van der Waals surface area contributed by atoms with Crippen LogP contribution in [0.25, 0.3) is 0 Å². The van der Waals surface area contributed by atoms with Gasteiger partial charge in [-0.15, -0.1) is 11.6 Å². The highest BCUT2D eigenvalue weighted by atomic mass is 35.5. The van der Waals surface area contributed by atoms with Crippen LogP contribution in [0.5, 0.6) is 0 Å². The molecule has 5 nitrogen and oxygen atoms in total. The molecule has 1 aliphatic rings. The Balaban J connectivity index is 2.12. The topological polar surface area (TPSA) is 61.4 Å². The molecular formula is C11H20ClN3O2.